The van der Waals surface area contributed by atoms with Crippen molar-refractivity contribution < 1.29 is 4.79 Å². The minimum absolute atomic E-state index is 0.0842. The number of nitrogens with zero attached hydrogens (tertiary/aromatic N) is 8. The maximum absolute atomic E-state index is 12.5. The molecular formula is C25H27ClN8O. The van der Waals surface area contributed by atoms with E-state index in [4.69, 9.17) is 11.6 Å². The van der Waals surface area contributed by atoms with Crippen LogP contribution in [0.2, 0.25) is 5.02 Å². The zero-order valence-corrected chi connectivity index (χ0v) is 20.2. The Bertz CT molecular complexity index is 1320. The van der Waals surface area contributed by atoms with Crippen LogP contribution in [0.3, 0.4) is 0 Å². The predicted octanol–water partition coefficient (Wildman–Crippen LogP) is 3.10. The van der Waals surface area contributed by atoms with E-state index < -0.39 is 0 Å². The Kier molecular flexibility index (Phi) is 5.95. The molecular weight excluding hydrogens is 464 g/mol. The molecule has 2 aromatic carbocycles. The summed E-state index contributed by atoms with van der Waals surface area (Å²) >= 11 is 6.76. The molecule has 1 aliphatic heterocycles. The van der Waals surface area contributed by atoms with Crippen LogP contribution in [-0.2, 0) is 24.4 Å². The molecule has 0 unspecified atom stereocenters. The first-order valence-corrected chi connectivity index (χ1v) is 12.5. The van der Waals surface area contributed by atoms with E-state index in [9.17, 15) is 4.79 Å². The lowest BCUT2D eigenvalue weighted by Crippen LogP contribution is -2.49. The third-order valence-electron chi connectivity index (χ3n) is 6.91. The Morgan fingerprint density at radius 1 is 1.03 bits per heavy atom. The average Bonchev–Trinajstić information content (AvgIpc) is 3.36. The van der Waals surface area contributed by atoms with Gasteiger partial charge in [-0.1, -0.05) is 47.1 Å². The summed E-state index contributed by atoms with van der Waals surface area (Å²) in [5, 5.41) is 13.4. The Hall–Kier alpha value is -3.30. The first-order chi connectivity index (χ1) is 17.1. The fraction of sp³-hybridized carbons (Fsp3) is 0.400. The maximum Gasteiger partial charge on any atom is 0.244 e. The first kappa shape index (κ1) is 22.2. The van der Waals surface area contributed by atoms with Crippen molar-refractivity contribution in [2.45, 2.75) is 32.5 Å². The molecule has 4 aromatic rings. The number of amides is 1. The molecule has 2 aromatic heterocycles. The van der Waals surface area contributed by atoms with Crippen LogP contribution in [0.5, 0.6) is 0 Å². The van der Waals surface area contributed by atoms with Gasteiger partial charge in [-0.3, -0.25) is 9.69 Å². The quantitative estimate of drug-likeness (QED) is 0.396. The highest BCUT2D eigenvalue weighted by atomic mass is 35.5. The third-order valence-corrected chi connectivity index (χ3v) is 7.30. The van der Waals surface area contributed by atoms with Gasteiger partial charge >= 0.3 is 0 Å². The van der Waals surface area contributed by atoms with Gasteiger partial charge in [-0.2, -0.15) is 5.10 Å². The minimum Gasteiger partial charge on any atom is -0.339 e. The van der Waals surface area contributed by atoms with E-state index in [0.717, 1.165) is 67.3 Å². The molecule has 0 bridgehead atoms. The molecule has 9 nitrogen and oxygen atoms in total. The summed E-state index contributed by atoms with van der Waals surface area (Å²) in [4.78, 5) is 20.6. The van der Waals surface area contributed by atoms with E-state index in [0.29, 0.717) is 5.02 Å². The molecule has 1 amide bonds. The number of carbonyl (C=O) groups is 1. The zero-order valence-electron chi connectivity index (χ0n) is 19.4. The highest BCUT2D eigenvalue weighted by molar-refractivity contribution is 6.37. The third kappa shape index (κ3) is 4.78. The molecule has 0 N–H and O–H groups in total. The Balaban J connectivity index is 1.07. The fourth-order valence-corrected chi connectivity index (χ4v) is 4.97. The topological polar surface area (TPSA) is 85.0 Å². The van der Waals surface area contributed by atoms with Gasteiger partial charge in [0.1, 0.15) is 24.7 Å². The molecule has 2 aliphatic rings. The summed E-state index contributed by atoms with van der Waals surface area (Å²) in [5.41, 5.74) is 5.06. The van der Waals surface area contributed by atoms with E-state index in [2.05, 4.69) is 61.7 Å². The number of benzene rings is 2. The summed E-state index contributed by atoms with van der Waals surface area (Å²) in [6, 6.07) is 12.7. The lowest BCUT2D eigenvalue weighted by molar-refractivity contribution is -0.133. The number of aromatic nitrogens is 6. The van der Waals surface area contributed by atoms with Gasteiger partial charge in [0.15, 0.2) is 0 Å². The van der Waals surface area contributed by atoms with Crippen LogP contribution in [0.15, 0.2) is 49.1 Å². The minimum atomic E-state index is 0.0842. The Labute approximate surface area is 208 Å². The SMILES string of the molecule is O=C(Cn1cncn1)N1CCN(Cc2ccc(-c3ccc4c(nnn4CC4CC4)c3Cl)cc2)CC1. The Morgan fingerprint density at radius 3 is 2.54 bits per heavy atom. The number of halogens is 1. The van der Waals surface area contributed by atoms with Crippen molar-refractivity contribution in [3.8, 4) is 11.1 Å². The van der Waals surface area contributed by atoms with Crippen LogP contribution in [0.4, 0.5) is 0 Å². The summed E-state index contributed by atoms with van der Waals surface area (Å²) in [6.45, 7) is 5.17. The number of piperazine rings is 1. The highest BCUT2D eigenvalue weighted by Gasteiger charge is 2.24. The first-order valence-electron chi connectivity index (χ1n) is 12.1. The van der Waals surface area contributed by atoms with Gasteiger partial charge in [-0.05, 0) is 36.0 Å². The van der Waals surface area contributed by atoms with Crippen LogP contribution >= 0.6 is 11.6 Å². The van der Waals surface area contributed by atoms with Crippen molar-refractivity contribution in [2.24, 2.45) is 5.92 Å². The number of hydrogen-bond donors (Lipinski definition) is 0. The molecule has 35 heavy (non-hydrogen) atoms. The molecule has 1 saturated heterocycles. The highest BCUT2D eigenvalue weighted by Crippen LogP contribution is 2.35. The summed E-state index contributed by atoms with van der Waals surface area (Å²) in [5.74, 6) is 0.815. The van der Waals surface area contributed by atoms with E-state index in [1.54, 1.807) is 11.0 Å². The van der Waals surface area contributed by atoms with Gasteiger partial charge in [0.2, 0.25) is 5.91 Å². The van der Waals surface area contributed by atoms with Crippen LogP contribution in [0.25, 0.3) is 22.2 Å². The van der Waals surface area contributed by atoms with Crippen LogP contribution in [0.1, 0.15) is 18.4 Å². The number of carbonyl (C=O) groups excluding carboxylic acids is 1. The second-order valence-electron chi connectivity index (χ2n) is 9.46. The second-order valence-corrected chi connectivity index (χ2v) is 9.83. The molecule has 1 saturated carbocycles. The van der Waals surface area contributed by atoms with Gasteiger partial charge in [0.25, 0.3) is 0 Å². The molecule has 1 aliphatic carbocycles. The van der Waals surface area contributed by atoms with Gasteiger partial charge in [-0.15, -0.1) is 5.10 Å². The molecule has 10 heteroatoms. The molecule has 2 fully saturated rings. The van der Waals surface area contributed by atoms with Gasteiger partial charge in [0.05, 0.1) is 10.5 Å². The second kappa shape index (κ2) is 9.39. The number of fused-ring (bicyclic) bond motifs is 1. The molecule has 0 atom stereocenters. The summed E-state index contributed by atoms with van der Waals surface area (Å²) < 4.78 is 3.55. The summed E-state index contributed by atoms with van der Waals surface area (Å²) in [6.07, 6.45) is 5.57. The van der Waals surface area contributed by atoms with Crippen LogP contribution in [-0.4, -0.2) is 71.6 Å². The lowest BCUT2D eigenvalue weighted by Gasteiger charge is -2.34. The summed E-state index contributed by atoms with van der Waals surface area (Å²) in [7, 11) is 0. The fourth-order valence-electron chi connectivity index (χ4n) is 4.66. The van der Waals surface area contributed by atoms with E-state index in [-0.39, 0.29) is 12.5 Å². The van der Waals surface area contributed by atoms with Crippen molar-refractivity contribution in [1.29, 1.82) is 0 Å². The monoisotopic (exact) mass is 490 g/mol. The standard InChI is InChI=1S/C25H27ClN8O/c26-24-21(7-8-22-25(24)29-30-34(22)14-19-1-2-19)20-5-3-18(4-6-20)13-31-9-11-32(12-10-31)23(35)15-33-17-27-16-28-33/h3-8,16-17,19H,1-2,9-15H2. The molecule has 6 rings (SSSR count). The number of rotatable bonds is 7. The van der Waals surface area contributed by atoms with E-state index in [1.165, 1.54) is 24.7 Å². The van der Waals surface area contributed by atoms with Gasteiger partial charge in [-0.25, -0.2) is 14.3 Å². The molecule has 0 spiro atoms. The van der Waals surface area contributed by atoms with Crippen molar-refractivity contribution in [3.63, 3.8) is 0 Å². The molecule has 3 heterocycles. The van der Waals surface area contributed by atoms with Gasteiger partial charge < -0.3 is 4.90 Å². The lowest BCUT2D eigenvalue weighted by atomic mass is 10.0. The van der Waals surface area contributed by atoms with Crippen LogP contribution < -0.4 is 0 Å². The average molecular weight is 491 g/mol. The smallest absolute Gasteiger partial charge is 0.244 e. The van der Waals surface area contributed by atoms with Crippen molar-refractivity contribution in [3.05, 3.63) is 59.6 Å². The normalized spacial score (nSPS) is 16.8. The van der Waals surface area contributed by atoms with Crippen molar-refractivity contribution in [1.82, 2.24) is 39.6 Å². The van der Waals surface area contributed by atoms with Crippen molar-refractivity contribution in [2.75, 3.05) is 26.2 Å². The van der Waals surface area contributed by atoms with Crippen molar-refractivity contribution >= 4 is 28.5 Å². The van der Waals surface area contributed by atoms with Crippen LogP contribution in [0, 0.1) is 5.92 Å². The largest absolute Gasteiger partial charge is 0.339 e. The molecule has 180 valence electrons. The van der Waals surface area contributed by atoms with E-state index >= 15 is 0 Å². The molecule has 0 radical (unpaired) electrons. The van der Waals surface area contributed by atoms with Gasteiger partial charge in [0, 0.05) is 44.8 Å². The zero-order chi connectivity index (χ0) is 23.8. The predicted molar refractivity (Wildman–Crippen MR) is 133 cm³/mol. The Morgan fingerprint density at radius 2 is 1.83 bits per heavy atom. The number of hydrogen-bond acceptors (Lipinski definition) is 6. The maximum atomic E-state index is 12.5. The van der Waals surface area contributed by atoms with E-state index in [1.807, 2.05) is 9.58 Å².